The van der Waals surface area contributed by atoms with Crippen molar-refractivity contribution in [2.45, 2.75) is 110 Å². The van der Waals surface area contributed by atoms with E-state index in [2.05, 4.69) is 13.8 Å². The number of hydrogen-bond acceptors (Lipinski definition) is 2. The number of carbonyl (C=O) groups is 2. The summed E-state index contributed by atoms with van der Waals surface area (Å²) in [4.78, 5) is 24.4. The second-order valence-electron chi connectivity index (χ2n) is 9.17. The van der Waals surface area contributed by atoms with Gasteiger partial charge in [0.05, 0.1) is 0 Å². The van der Waals surface area contributed by atoms with E-state index >= 15 is 0 Å². The fourth-order valence-electron chi connectivity index (χ4n) is 4.95. The van der Waals surface area contributed by atoms with E-state index in [4.69, 9.17) is 0 Å². The van der Waals surface area contributed by atoms with E-state index in [9.17, 15) is 9.59 Å². The molecule has 2 heteroatoms. The Morgan fingerprint density at radius 3 is 2.24 bits per heavy atom. The SMILES string of the molecule is CC(C)CCC(=O)CCCCCC(=O)C1CCCC2CCCCC2C1. The van der Waals surface area contributed by atoms with E-state index in [0.29, 0.717) is 29.8 Å². The Labute approximate surface area is 155 Å². The van der Waals surface area contributed by atoms with Gasteiger partial charge >= 0.3 is 0 Å². The molecule has 0 bridgehead atoms. The fraction of sp³-hybridized carbons (Fsp3) is 0.913. The smallest absolute Gasteiger partial charge is 0.135 e. The molecule has 2 fully saturated rings. The average Bonchev–Trinajstić information content (AvgIpc) is 2.82. The van der Waals surface area contributed by atoms with Gasteiger partial charge in [-0.1, -0.05) is 58.8 Å². The predicted octanol–water partition coefficient (Wildman–Crippen LogP) is 6.51. The summed E-state index contributed by atoms with van der Waals surface area (Å²) in [5.41, 5.74) is 0. The Balaban J connectivity index is 1.59. The lowest BCUT2D eigenvalue weighted by atomic mass is 9.75. The van der Waals surface area contributed by atoms with Crippen LogP contribution in [0.1, 0.15) is 110 Å². The normalized spacial score (nSPS) is 26.9. The standard InChI is InChI=1S/C23H40O2/c1-18(2)15-16-22(24)13-4-3-5-14-23(25)21-12-8-11-19-9-6-7-10-20(19)17-21/h18-21H,3-17H2,1-2H3. The van der Waals surface area contributed by atoms with Gasteiger partial charge in [0, 0.05) is 25.2 Å². The molecule has 2 aliphatic carbocycles. The minimum Gasteiger partial charge on any atom is -0.300 e. The highest BCUT2D eigenvalue weighted by Crippen LogP contribution is 2.41. The summed E-state index contributed by atoms with van der Waals surface area (Å²) in [6, 6.07) is 0. The summed E-state index contributed by atoms with van der Waals surface area (Å²) in [6.07, 6.45) is 16.7. The van der Waals surface area contributed by atoms with Gasteiger partial charge in [0.2, 0.25) is 0 Å². The number of rotatable bonds is 10. The molecule has 0 saturated heterocycles. The topological polar surface area (TPSA) is 34.1 Å². The summed E-state index contributed by atoms with van der Waals surface area (Å²) in [5.74, 6) is 3.65. The van der Waals surface area contributed by atoms with E-state index in [1.165, 1.54) is 44.9 Å². The highest BCUT2D eigenvalue weighted by molar-refractivity contribution is 5.81. The molecule has 2 nitrogen and oxygen atoms in total. The maximum absolute atomic E-state index is 12.6. The van der Waals surface area contributed by atoms with Crippen molar-refractivity contribution in [3.63, 3.8) is 0 Å². The maximum Gasteiger partial charge on any atom is 0.135 e. The summed E-state index contributed by atoms with van der Waals surface area (Å²) in [7, 11) is 0. The van der Waals surface area contributed by atoms with Crippen molar-refractivity contribution in [3.8, 4) is 0 Å². The molecule has 0 N–H and O–H groups in total. The molecule has 2 rings (SSSR count). The maximum atomic E-state index is 12.6. The molecule has 0 aromatic carbocycles. The van der Waals surface area contributed by atoms with E-state index in [-0.39, 0.29) is 0 Å². The number of Topliss-reactive ketones (excluding diaryl/α,β-unsaturated/α-hetero) is 2. The molecule has 3 atom stereocenters. The average molecular weight is 349 g/mol. The molecule has 144 valence electrons. The first-order valence-electron chi connectivity index (χ1n) is 11.1. The number of carbonyl (C=O) groups excluding carboxylic acids is 2. The molecule has 0 aromatic heterocycles. The van der Waals surface area contributed by atoms with Gasteiger partial charge in [0.1, 0.15) is 11.6 Å². The molecule has 0 aromatic rings. The van der Waals surface area contributed by atoms with Crippen molar-refractivity contribution in [3.05, 3.63) is 0 Å². The van der Waals surface area contributed by atoms with Gasteiger partial charge in [-0.25, -0.2) is 0 Å². The summed E-state index contributed by atoms with van der Waals surface area (Å²) >= 11 is 0. The molecule has 0 amide bonds. The molecule has 0 aliphatic heterocycles. The Morgan fingerprint density at radius 2 is 1.48 bits per heavy atom. The minimum absolute atomic E-state index is 0.348. The lowest BCUT2D eigenvalue weighted by Crippen LogP contribution is -2.22. The van der Waals surface area contributed by atoms with Crippen molar-refractivity contribution in [2.75, 3.05) is 0 Å². The third kappa shape index (κ3) is 7.62. The van der Waals surface area contributed by atoms with Crippen LogP contribution in [0.3, 0.4) is 0 Å². The fourth-order valence-corrected chi connectivity index (χ4v) is 4.95. The van der Waals surface area contributed by atoms with Crippen molar-refractivity contribution < 1.29 is 9.59 Å². The number of unbranched alkanes of at least 4 members (excludes halogenated alkanes) is 2. The third-order valence-corrected chi connectivity index (χ3v) is 6.62. The van der Waals surface area contributed by atoms with Gasteiger partial charge in [-0.3, -0.25) is 9.59 Å². The Hall–Kier alpha value is -0.660. The lowest BCUT2D eigenvalue weighted by Gasteiger charge is -2.30. The Bertz CT molecular complexity index is 412. The van der Waals surface area contributed by atoms with E-state index in [0.717, 1.165) is 56.8 Å². The molecule has 25 heavy (non-hydrogen) atoms. The molecular formula is C23H40O2. The van der Waals surface area contributed by atoms with Crippen LogP contribution < -0.4 is 0 Å². The first kappa shape index (κ1) is 20.6. The van der Waals surface area contributed by atoms with Gasteiger partial charge < -0.3 is 0 Å². The number of hydrogen-bond donors (Lipinski definition) is 0. The van der Waals surface area contributed by atoms with Crippen LogP contribution in [0.5, 0.6) is 0 Å². The van der Waals surface area contributed by atoms with Crippen LogP contribution in [0.25, 0.3) is 0 Å². The van der Waals surface area contributed by atoms with Crippen LogP contribution in [0.2, 0.25) is 0 Å². The molecule has 0 heterocycles. The minimum atomic E-state index is 0.348. The van der Waals surface area contributed by atoms with Crippen LogP contribution in [-0.2, 0) is 9.59 Å². The molecule has 3 unspecified atom stereocenters. The van der Waals surface area contributed by atoms with Gasteiger partial charge in [0.15, 0.2) is 0 Å². The van der Waals surface area contributed by atoms with Crippen molar-refractivity contribution >= 4 is 11.6 Å². The lowest BCUT2D eigenvalue weighted by molar-refractivity contribution is -0.123. The number of fused-ring (bicyclic) bond motifs is 1. The van der Waals surface area contributed by atoms with Gasteiger partial charge in [-0.05, 0) is 49.9 Å². The highest BCUT2D eigenvalue weighted by atomic mass is 16.1. The van der Waals surface area contributed by atoms with Crippen molar-refractivity contribution in [1.82, 2.24) is 0 Å². The third-order valence-electron chi connectivity index (χ3n) is 6.62. The second-order valence-corrected chi connectivity index (χ2v) is 9.17. The zero-order valence-corrected chi connectivity index (χ0v) is 16.7. The second kappa shape index (κ2) is 11.1. The monoisotopic (exact) mass is 348 g/mol. The van der Waals surface area contributed by atoms with Crippen LogP contribution in [0.15, 0.2) is 0 Å². The molecular weight excluding hydrogens is 308 g/mol. The van der Waals surface area contributed by atoms with Crippen molar-refractivity contribution in [1.29, 1.82) is 0 Å². The Kier molecular flexibility index (Phi) is 9.20. The number of ketones is 2. The highest BCUT2D eigenvalue weighted by Gasteiger charge is 2.32. The predicted molar refractivity (Wildman–Crippen MR) is 105 cm³/mol. The van der Waals surface area contributed by atoms with E-state index in [1.54, 1.807) is 0 Å². The van der Waals surface area contributed by atoms with Crippen LogP contribution in [0.4, 0.5) is 0 Å². The molecule has 0 spiro atoms. The molecule has 2 saturated carbocycles. The Morgan fingerprint density at radius 1 is 0.800 bits per heavy atom. The van der Waals surface area contributed by atoms with Crippen LogP contribution >= 0.6 is 0 Å². The van der Waals surface area contributed by atoms with Gasteiger partial charge in [-0.2, -0.15) is 0 Å². The van der Waals surface area contributed by atoms with E-state index in [1.807, 2.05) is 0 Å². The summed E-state index contributed by atoms with van der Waals surface area (Å²) < 4.78 is 0. The zero-order valence-electron chi connectivity index (χ0n) is 16.7. The van der Waals surface area contributed by atoms with Crippen LogP contribution in [-0.4, -0.2) is 11.6 Å². The largest absolute Gasteiger partial charge is 0.300 e. The van der Waals surface area contributed by atoms with Gasteiger partial charge in [0.25, 0.3) is 0 Å². The first-order chi connectivity index (χ1) is 12.1. The van der Waals surface area contributed by atoms with Crippen LogP contribution in [0, 0.1) is 23.7 Å². The first-order valence-corrected chi connectivity index (χ1v) is 11.1. The molecule has 0 radical (unpaired) electrons. The van der Waals surface area contributed by atoms with Crippen molar-refractivity contribution in [2.24, 2.45) is 23.7 Å². The van der Waals surface area contributed by atoms with E-state index < -0.39 is 0 Å². The quantitative estimate of drug-likeness (QED) is 0.422. The zero-order chi connectivity index (χ0) is 18.1. The van der Waals surface area contributed by atoms with Gasteiger partial charge in [-0.15, -0.1) is 0 Å². The summed E-state index contributed by atoms with van der Waals surface area (Å²) in [6.45, 7) is 4.34. The summed E-state index contributed by atoms with van der Waals surface area (Å²) in [5, 5.41) is 0. The molecule has 2 aliphatic rings.